The Labute approximate surface area is 126 Å². The molecule has 2 aliphatic rings. The fraction of sp³-hybridized carbons (Fsp3) is 0.625. The van der Waals surface area contributed by atoms with E-state index in [0.717, 1.165) is 50.8 Å². The Bertz CT molecular complexity index is 473. The van der Waals surface area contributed by atoms with E-state index in [1.54, 1.807) is 0 Å². The van der Waals surface area contributed by atoms with E-state index in [-0.39, 0.29) is 0 Å². The molecule has 0 aliphatic carbocycles. The lowest BCUT2D eigenvalue weighted by atomic mass is 10.1. The monoisotopic (exact) mass is 291 g/mol. The van der Waals surface area contributed by atoms with Crippen LogP contribution in [-0.4, -0.2) is 69.8 Å². The quantitative estimate of drug-likeness (QED) is 0.875. The maximum Gasteiger partial charge on any atom is 0.127 e. The molecule has 3 rings (SSSR count). The van der Waals surface area contributed by atoms with Crippen molar-refractivity contribution in [3.63, 3.8) is 0 Å². The molecule has 2 aliphatic heterocycles. The van der Waals surface area contributed by atoms with Crippen molar-refractivity contribution in [3.05, 3.63) is 23.8 Å². The molecular weight excluding hydrogens is 266 g/mol. The van der Waals surface area contributed by atoms with Crippen molar-refractivity contribution < 1.29 is 9.47 Å². The number of nitrogens with one attached hydrogen (secondary N) is 1. The van der Waals surface area contributed by atoms with Crippen LogP contribution in [0.4, 0.5) is 0 Å². The van der Waals surface area contributed by atoms with Gasteiger partial charge in [0, 0.05) is 44.4 Å². The van der Waals surface area contributed by atoms with Crippen LogP contribution in [-0.2, 0) is 0 Å². The van der Waals surface area contributed by atoms with Gasteiger partial charge in [0.25, 0.3) is 0 Å². The fourth-order valence-electron chi connectivity index (χ4n) is 2.88. The number of piperazine rings is 1. The zero-order valence-electron chi connectivity index (χ0n) is 13.0. The Hall–Kier alpha value is -1.30. The van der Waals surface area contributed by atoms with E-state index in [2.05, 4.69) is 28.2 Å². The SMILES string of the molecule is CNC1COc2cc(OCCN3CCN(C)CC3)ccc21. The van der Waals surface area contributed by atoms with Crippen molar-refractivity contribution >= 4 is 0 Å². The molecule has 5 nitrogen and oxygen atoms in total. The maximum absolute atomic E-state index is 5.87. The molecule has 0 bridgehead atoms. The van der Waals surface area contributed by atoms with Crippen molar-refractivity contribution in [1.82, 2.24) is 15.1 Å². The van der Waals surface area contributed by atoms with Crippen molar-refractivity contribution in [2.24, 2.45) is 0 Å². The van der Waals surface area contributed by atoms with Crippen LogP contribution in [0.2, 0.25) is 0 Å². The second kappa shape index (κ2) is 6.64. The largest absolute Gasteiger partial charge is 0.492 e. The Morgan fingerprint density at radius 2 is 2.10 bits per heavy atom. The number of hydrogen-bond acceptors (Lipinski definition) is 5. The smallest absolute Gasteiger partial charge is 0.127 e. The fourth-order valence-corrected chi connectivity index (χ4v) is 2.88. The number of fused-ring (bicyclic) bond motifs is 1. The van der Waals surface area contributed by atoms with Gasteiger partial charge in [0.1, 0.15) is 24.7 Å². The van der Waals surface area contributed by atoms with Gasteiger partial charge in [-0.05, 0) is 26.2 Å². The first kappa shape index (κ1) is 14.6. The highest BCUT2D eigenvalue weighted by Gasteiger charge is 2.22. The molecule has 1 fully saturated rings. The lowest BCUT2D eigenvalue weighted by Gasteiger charge is -2.32. The Morgan fingerprint density at radius 3 is 2.86 bits per heavy atom. The highest BCUT2D eigenvalue weighted by Crippen LogP contribution is 2.34. The highest BCUT2D eigenvalue weighted by atomic mass is 16.5. The first-order valence-electron chi connectivity index (χ1n) is 7.74. The topological polar surface area (TPSA) is 37.0 Å². The van der Waals surface area contributed by atoms with E-state index in [1.165, 1.54) is 5.56 Å². The lowest BCUT2D eigenvalue weighted by Crippen LogP contribution is -2.45. The van der Waals surface area contributed by atoms with Gasteiger partial charge in [0.05, 0.1) is 6.04 Å². The molecule has 0 saturated carbocycles. The predicted octanol–water partition coefficient (Wildman–Crippen LogP) is 0.966. The number of rotatable bonds is 5. The summed E-state index contributed by atoms with van der Waals surface area (Å²) in [7, 11) is 4.14. The summed E-state index contributed by atoms with van der Waals surface area (Å²) in [5.41, 5.74) is 1.23. The molecule has 1 N–H and O–H groups in total. The number of benzene rings is 1. The van der Waals surface area contributed by atoms with Gasteiger partial charge in [-0.3, -0.25) is 4.90 Å². The van der Waals surface area contributed by atoms with Crippen LogP contribution in [0, 0.1) is 0 Å². The van der Waals surface area contributed by atoms with Crippen molar-refractivity contribution in [3.8, 4) is 11.5 Å². The lowest BCUT2D eigenvalue weighted by molar-refractivity contribution is 0.133. The minimum atomic E-state index is 0.305. The Kier molecular flexibility index (Phi) is 4.63. The van der Waals surface area contributed by atoms with Gasteiger partial charge in [-0.1, -0.05) is 0 Å². The maximum atomic E-state index is 5.87. The third-order valence-corrected chi connectivity index (χ3v) is 4.39. The molecule has 1 saturated heterocycles. The van der Waals surface area contributed by atoms with E-state index >= 15 is 0 Å². The van der Waals surface area contributed by atoms with Crippen LogP contribution in [0.3, 0.4) is 0 Å². The van der Waals surface area contributed by atoms with E-state index in [9.17, 15) is 0 Å². The Balaban J connectivity index is 1.48. The van der Waals surface area contributed by atoms with Crippen LogP contribution in [0.1, 0.15) is 11.6 Å². The zero-order chi connectivity index (χ0) is 14.7. The van der Waals surface area contributed by atoms with Crippen LogP contribution < -0.4 is 14.8 Å². The number of nitrogens with zero attached hydrogens (tertiary/aromatic N) is 2. The normalized spacial score (nSPS) is 22.9. The second-order valence-corrected chi connectivity index (χ2v) is 5.85. The van der Waals surface area contributed by atoms with Crippen LogP contribution in [0.15, 0.2) is 18.2 Å². The van der Waals surface area contributed by atoms with Crippen molar-refractivity contribution in [1.29, 1.82) is 0 Å². The van der Waals surface area contributed by atoms with Crippen molar-refractivity contribution in [2.75, 3.05) is 60.0 Å². The molecule has 0 aromatic heterocycles. The van der Waals surface area contributed by atoms with Gasteiger partial charge >= 0.3 is 0 Å². The molecule has 21 heavy (non-hydrogen) atoms. The molecule has 0 radical (unpaired) electrons. The summed E-state index contributed by atoms with van der Waals surface area (Å²) in [6.45, 7) is 7.00. The molecule has 0 spiro atoms. The van der Waals surface area contributed by atoms with E-state index in [4.69, 9.17) is 9.47 Å². The van der Waals surface area contributed by atoms with Gasteiger partial charge in [-0.25, -0.2) is 0 Å². The Morgan fingerprint density at radius 1 is 1.29 bits per heavy atom. The average molecular weight is 291 g/mol. The summed E-state index contributed by atoms with van der Waals surface area (Å²) < 4.78 is 11.6. The number of hydrogen-bond donors (Lipinski definition) is 1. The minimum Gasteiger partial charge on any atom is -0.492 e. The molecule has 116 valence electrons. The van der Waals surface area contributed by atoms with Gasteiger partial charge < -0.3 is 19.7 Å². The van der Waals surface area contributed by atoms with Gasteiger partial charge in [0.15, 0.2) is 0 Å². The van der Waals surface area contributed by atoms with Crippen LogP contribution in [0.5, 0.6) is 11.5 Å². The number of likely N-dealkylation sites (N-methyl/N-ethyl adjacent to an activating group) is 2. The number of ether oxygens (including phenoxy) is 2. The van der Waals surface area contributed by atoms with Crippen LogP contribution in [0.25, 0.3) is 0 Å². The molecule has 1 aromatic rings. The van der Waals surface area contributed by atoms with Crippen molar-refractivity contribution in [2.45, 2.75) is 6.04 Å². The molecule has 1 atom stereocenters. The van der Waals surface area contributed by atoms with E-state index in [0.29, 0.717) is 12.6 Å². The van der Waals surface area contributed by atoms with Gasteiger partial charge in [-0.2, -0.15) is 0 Å². The minimum absolute atomic E-state index is 0.305. The summed E-state index contributed by atoms with van der Waals surface area (Å²) in [5.74, 6) is 1.85. The summed E-state index contributed by atoms with van der Waals surface area (Å²) in [6, 6.07) is 6.46. The molecular formula is C16H25N3O2. The standard InChI is InChI=1S/C16H25N3O2/c1-17-15-12-21-16-11-13(3-4-14(15)16)20-10-9-19-7-5-18(2)6-8-19/h3-4,11,15,17H,5-10,12H2,1-2H3. The molecule has 2 heterocycles. The molecule has 0 amide bonds. The highest BCUT2D eigenvalue weighted by molar-refractivity contribution is 5.44. The second-order valence-electron chi connectivity index (χ2n) is 5.85. The third kappa shape index (κ3) is 3.48. The van der Waals surface area contributed by atoms with E-state index in [1.807, 2.05) is 19.2 Å². The third-order valence-electron chi connectivity index (χ3n) is 4.39. The van der Waals surface area contributed by atoms with Crippen LogP contribution >= 0.6 is 0 Å². The summed E-state index contributed by atoms with van der Waals surface area (Å²) >= 11 is 0. The zero-order valence-corrected chi connectivity index (χ0v) is 13.0. The van der Waals surface area contributed by atoms with Gasteiger partial charge in [-0.15, -0.1) is 0 Å². The summed E-state index contributed by atoms with van der Waals surface area (Å²) in [6.07, 6.45) is 0. The van der Waals surface area contributed by atoms with E-state index < -0.39 is 0 Å². The molecule has 5 heteroatoms. The summed E-state index contributed by atoms with van der Waals surface area (Å²) in [5, 5.41) is 3.25. The molecule has 1 unspecified atom stereocenters. The first-order valence-corrected chi connectivity index (χ1v) is 7.74. The van der Waals surface area contributed by atoms with Gasteiger partial charge in [0.2, 0.25) is 0 Å². The first-order chi connectivity index (χ1) is 10.3. The summed E-state index contributed by atoms with van der Waals surface area (Å²) in [4.78, 5) is 4.83. The average Bonchev–Trinajstić information content (AvgIpc) is 2.91. The molecule has 1 aromatic carbocycles. The predicted molar refractivity (Wildman–Crippen MR) is 83.2 cm³/mol.